The van der Waals surface area contributed by atoms with Crippen LogP contribution in [0.5, 0.6) is 0 Å². The van der Waals surface area contributed by atoms with Crippen LogP contribution in [-0.2, 0) is 13.6 Å². The van der Waals surface area contributed by atoms with E-state index < -0.39 is 5.91 Å². The van der Waals surface area contributed by atoms with E-state index in [1.54, 1.807) is 37.1 Å². The lowest BCUT2D eigenvalue weighted by Crippen LogP contribution is -2.24. The predicted octanol–water partition coefficient (Wildman–Crippen LogP) is 2.91. The first-order valence-corrected chi connectivity index (χ1v) is 7.86. The quantitative estimate of drug-likeness (QED) is 0.727. The van der Waals surface area contributed by atoms with Gasteiger partial charge in [0.1, 0.15) is 22.5 Å². The molecule has 0 unspecified atom stereocenters. The Bertz CT molecular complexity index is 920. The summed E-state index contributed by atoms with van der Waals surface area (Å²) >= 11 is 5.83. The first-order valence-electron chi connectivity index (χ1n) is 7.48. The fourth-order valence-electron chi connectivity index (χ4n) is 2.41. The smallest absolute Gasteiger partial charge is 0.270 e. The zero-order valence-electron chi connectivity index (χ0n) is 13.6. The van der Waals surface area contributed by atoms with Crippen LogP contribution >= 0.6 is 11.6 Å². The molecule has 1 aromatic carbocycles. The van der Waals surface area contributed by atoms with Crippen LogP contribution in [0.15, 0.2) is 36.7 Å². The summed E-state index contributed by atoms with van der Waals surface area (Å²) in [4.78, 5) is 20.1. The minimum atomic E-state index is -0.403. The average molecular weight is 360 g/mol. The van der Waals surface area contributed by atoms with E-state index in [0.29, 0.717) is 17.0 Å². The van der Waals surface area contributed by atoms with Crippen molar-refractivity contribution in [3.63, 3.8) is 0 Å². The van der Waals surface area contributed by atoms with Crippen molar-refractivity contribution < 1.29 is 9.18 Å². The van der Waals surface area contributed by atoms with Crippen molar-refractivity contribution in [1.82, 2.24) is 25.1 Å². The van der Waals surface area contributed by atoms with Crippen LogP contribution in [0, 0.1) is 12.7 Å². The molecule has 3 aromatic rings. The van der Waals surface area contributed by atoms with Gasteiger partial charge in [-0.25, -0.2) is 14.4 Å². The van der Waals surface area contributed by atoms with Crippen molar-refractivity contribution >= 4 is 17.5 Å². The van der Waals surface area contributed by atoms with E-state index in [-0.39, 0.29) is 23.2 Å². The van der Waals surface area contributed by atoms with E-state index in [0.717, 1.165) is 5.56 Å². The second-order valence-electron chi connectivity index (χ2n) is 5.56. The van der Waals surface area contributed by atoms with Gasteiger partial charge in [0, 0.05) is 31.4 Å². The molecule has 0 radical (unpaired) electrons. The van der Waals surface area contributed by atoms with E-state index in [1.807, 2.05) is 0 Å². The molecule has 128 valence electrons. The van der Waals surface area contributed by atoms with Gasteiger partial charge in [-0.3, -0.25) is 9.48 Å². The highest BCUT2D eigenvalue weighted by atomic mass is 35.5. The molecule has 1 N–H and O–H groups in total. The number of benzene rings is 1. The Balaban J connectivity index is 1.77. The van der Waals surface area contributed by atoms with Gasteiger partial charge < -0.3 is 5.32 Å². The topological polar surface area (TPSA) is 72.7 Å². The van der Waals surface area contributed by atoms with Gasteiger partial charge in [-0.2, -0.15) is 5.10 Å². The molecule has 0 fully saturated rings. The number of nitrogens with zero attached hydrogens (tertiary/aromatic N) is 4. The Morgan fingerprint density at radius 3 is 2.72 bits per heavy atom. The molecule has 2 heterocycles. The zero-order chi connectivity index (χ0) is 18.0. The molecule has 3 rings (SSSR count). The maximum absolute atomic E-state index is 13.9. The number of amides is 1. The van der Waals surface area contributed by atoms with Crippen LogP contribution in [0.2, 0.25) is 5.15 Å². The summed E-state index contributed by atoms with van der Waals surface area (Å²) in [5.41, 5.74) is 2.29. The van der Waals surface area contributed by atoms with Gasteiger partial charge in [0.15, 0.2) is 0 Å². The Morgan fingerprint density at radius 1 is 1.24 bits per heavy atom. The number of carbonyl (C=O) groups is 1. The van der Waals surface area contributed by atoms with Gasteiger partial charge in [-0.1, -0.05) is 11.6 Å². The molecule has 2 aromatic heterocycles. The zero-order valence-corrected chi connectivity index (χ0v) is 14.4. The minimum absolute atomic E-state index is 0.157. The third kappa shape index (κ3) is 4.19. The fraction of sp³-hybridized carbons (Fsp3) is 0.176. The molecule has 0 aliphatic rings. The van der Waals surface area contributed by atoms with Crippen molar-refractivity contribution in [3.8, 4) is 11.1 Å². The number of hydrogen-bond donors (Lipinski definition) is 1. The minimum Gasteiger partial charge on any atom is -0.347 e. The Morgan fingerprint density at radius 2 is 2.04 bits per heavy atom. The van der Waals surface area contributed by atoms with E-state index in [2.05, 4.69) is 20.4 Å². The lowest BCUT2D eigenvalue weighted by Gasteiger charge is -2.08. The third-order valence-electron chi connectivity index (χ3n) is 3.49. The van der Waals surface area contributed by atoms with Crippen molar-refractivity contribution in [2.45, 2.75) is 13.5 Å². The predicted molar refractivity (Wildman–Crippen MR) is 91.6 cm³/mol. The summed E-state index contributed by atoms with van der Waals surface area (Å²) in [5, 5.41) is 6.98. The molecule has 25 heavy (non-hydrogen) atoms. The average Bonchev–Trinajstić information content (AvgIpc) is 2.98. The van der Waals surface area contributed by atoms with E-state index in [1.165, 1.54) is 18.2 Å². The molecule has 0 saturated heterocycles. The Labute approximate surface area is 148 Å². The maximum atomic E-state index is 13.9. The fourth-order valence-corrected chi connectivity index (χ4v) is 2.64. The lowest BCUT2D eigenvalue weighted by atomic mass is 10.1. The summed E-state index contributed by atoms with van der Waals surface area (Å²) in [6.45, 7) is 1.81. The van der Waals surface area contributed by atoms with Crippen LogP contribution in [0.3, 0.4) is 0 Å². The molecular formula is C17H15ClFN5O. The highest BCUT2D eigenvalue weighted by molar-refractivity contribution is 6.29. The second kappa shape index (κ2) is 6.98. The number of aromatic nitrogens is 4. The molecule has 8 heteroatoms. The molecule has 0 aliphatic heterocycles. The third-order valence-corrected chi connectivity index (χ3v) is 3.68. The van der Waals surface area contributed by atoms with Crippen molar-refractivity contribution in [1.29, 1.82) is 0 Å². The standard InChI is InChI=1S/C17H15ClFN5O/c1-10-22-15(6-16(18)23-10)17(25)20-7-11-3-12(5-14(19)4-11)13-8-21-24(2)9-13/h3-6,8-9H,7H2,1-2H3,(H,20,25). The van der Waals surface area contributed by atoms with Gasteiger partial charge in [-0.15, -0.1) is 0 Å². The SMILES string of the molecule is Cc1nc(Cl)cc(C(=O)NCc2cc(F)cc(-c3cnn(C)c3)c2)n1. The maximum Gasteiger partial charge on any atom is 0.270 e. The van der Waals surface area contributed by atoms with Gasteiger partial charge in [0.25, 0.3) is 5.91 Å². The van der Waals surface area contributed by atoms with E-state index in [9.17, 15) is 9.18 Å². The molecule has 0 atom stereocenters. The number of aryl methyl sites for hydroxylation is 2. The number of halogens is 2. The van der Waals surface area contributed by atoms with E-state index in [4.69, 9.17) is 11.6 Å². The number of hydrogen-bond acceptors (Lipinski definition) is 4. The Hall–Kier alpha value is -2.80. The van der Waals surface area contributed by atoms with Crippen molar-refractivity contribution in [2.24, 2.45) is 7.05 Å². The normalized spacial score (nSPS) is 10.7. The highest BCUT2D eigenvalue weighted by Crippen LogP contribution is 2.21. The number of carbonyl (C=O) groups excluding carboxylic acids is 1. The van der Waals surface area contributed by atoms with Crippen LogP contribution in [0.4, 0.5) is 4.39 Å². The molecule has 0 aliphatic carbocycles. The number of nitrogens with one attached hydrogen (secondary N) is 1. The summed E-state index contributed by atoms with van der Waals surface area (Å²) in [6, 6.07) is 5.99. The molecule has 6 nitrogen and oxygen atoms in total. The summed E-state index contributed by atoms with van der Waals surface area (Å²) in [5.74, 6) is -0.381. The van der Waals surface area contributed by atoms with Crippen LogP contribution < -0.4 is 5.32 Å². The summed E-state index contributed by atoms with van der Waals surface area (Å²) < 4.78 is 15.5. The van der Waals surface area contributed by atoms with E-state index >= 15 is 0 Å². The molecule has 0 spiro atoms. The molecule has 1 amide bonds. The second-order valence-corrected chi connectivity index (χ2v) is 5.94. The van der Waals surface area contributed by atoms with Gasteiger partial charge in [-0.05, 0) is 36.2 Å². The van der Waals surface area contributed by atoms with Crippen LogP contribution in [0.25, 0.3) is 11.1 Å². The summed E-state index contributed by atoms with van der Waals surface area (Å²) in [7, 11) is 1.79. The van der Waals surface area contributed by atoms with Crippen molar-refractivity contribution in [3.05, 3.63) is 64.7 Å². The molecular weight excluding hydrogens is 345 g/mol. The van der Waals surface area contributed by atoms with Gasteiger partial charge in [0.2, 0.25) is 0 Å². The van der Waals surface area contributed by atoms with Crippen LogP contribution in [-0.4, -0.2) is 25.7 Å². The first-order chi connectivity index (χ1) is 11.9. The Kier molecular flexibility index (Phi) is 4.76. The van der Waals surface area contributed by atoms with Crippen molar-refractivity contribution in [2.75, 3.05) is 0 Å². The monoisotopic (exact) mass is 359 g/mol. The van der Waals surface area contributed by atoms with Gasteiger partial charge >= 0.3 is 0 Å². The first kappa shape index (κ1) is 17.0. The molecule has 0 saturated carbocycles. The summed E-state index contributed by atoms with van der Waals surface area (Å²) in [6.07, 6.45) is 3.45. The largest absolute Gasteiger partial charge is 0.347 e. The van der Waals surface area contributed by atoms with Gasteiger partial charge in [0.05, 0.1) is 6.20 Å². The molecule has 0 bridgehead atoms. The highest BCUT2D eigenvalue weighted by Gasteiger charge is 2.11. The number of rotatable bonds is 4. The lowest BCUT2D eigenvalue weighted by molar-refractivity contribution is 0.0945. The van der Waals surface area contributed by atoms with Crippen LogP contribution in [0.1, 0.15) is 21.9 Å².